The monoisotopic (exact) mass is 386 g/mol. The first-order valence-corrected chi connectivity index (χ1v) is 9.77. The highest BCUT2D eigenvalue weighted by molar-refractivity contribution is 7.98. The van der Waals surface area contributed by atoms with Gasteiger partial charge in [-0.25, -0.2) is 13.8 Å². The minimum atomic E-state index is -0.851. The van der Waals surface area contributed by atoms with Crippen molar-refractivity contribution in [2.75, 3.05) is 0 Å². The Bertz CT molecular complexity index is 934. The van der Waals surface area contributed by atoms with E-state index in [-0.39, 0.29) is 0 Å². The number of ether oxygens (including phenoxy) is 1. The molecule has 2 aromatic carbocycles. The zero-order chi connectivity index (χ0) is 19.2. The first-order chi connectivity index (χ1) is 13.1. The van der Waals surface area contributed by atoms with Crippen LogP contribution in [0, 0.1) is 11.6 Å². The van der Waals surface area contributed by atoms with Crippen LogP contribution in [0.4, 0.5) is 8.78 Å². The van der Waals surface area contributed by atoms with Gasteiger partial charge < -0.3 is 4.74 Å². The lowest BCUT2D eigenvalue weighted by molar-refractivity contribution is 0.453. The maximum atomic E-state index is 13.4. The zero-order valence-electron chi connectivity index (χ0n) is 15.2. The number of halogens is 2. The fourth-order valence-corrected chi connectivity index (χ4v) is 3.29. The van der Waals surface area contributed by atoms with Crippen LogP contribution >= 0.6 is 11.8 Å². The van der Waals surface area contributed by atoms with Crippen molar-refractivity contribution in [2.24, 2.45) is 0 Å². The molecule has 1 heterocycles. The van der Waals surface area contributed by atoms with Gasteiger partial charge in [-0.15, -0.1) is 0 Å². The van der Waals surface area contributed by atoms with Gasteiger partial charge in [0.1, 0.15) is 5.75 Å². The van der Waals surface area contributed by atoms with Crippen LogP contribution in [0.3, 0.4) is 0 Å². The Kier molecular flexibility index (Phi) is 6.40. The van der Waals surface area contributed by atoms with E-state index < -0.39 is 11.6 Å². The first-order valence-electron chi connectivity index (χ1n) is 8.79. The SMILES string of the molecule is CCc1cccc(Oc2cc(CC)nc(SCc3ccc(F)c(F)c3)n2)c1. The molecule has 6 heteroatoms. The lowest BCUT2D eigenvalue weighted by Crippen LogP contribution is -1.98. The molecule has 3 rings (SSSR count). The lowest BCUT2D eigenvalue weighted by atomic mass is 10.2. The van der Waals surface area contributed by atoms with Gasteiger partial charge in [0, 0.05) is 17.5 Å². The maximum absolute atomic E-state index is 13.4. The minimum absolute atomic E-state index is 0.440. The summed E-state index contributed by atoms with van der Waals surface area (Å²) in [4.78, 5) is 8.94. The number of thioether (sulfide) groups is 1. The molecule has 0 radical (unpaired) electrons. The second-order valence-electron chi connectivity index (χ2n) is 5.97. The second-order valence-corrected chi connectivity index (χ2v) is 6.92. The van der Waals surface area contributed by atoms with E-state index in [1.165, 1.54) is 23.4 Å². The summed E-state index contributed by atoms with van der Waals surface area (Å²) >= 11 is 1.36. The van der Waals surface area contributed by atoms with Crippen LogP contribution < -0.4 is 4.74 Å². The highest BCUT2D eigenvalue weighted by Crippen LogP contribution is 2.26. The van der Waals surface area contributed by atoms with Gasteiger partial charge in [0.2, 0.25) is 5.88 Å². The van der Waals surface area contributed by atoms with Gasteiger partial charge in [-0.3, -0.25) is 0 Å². The molecule has 140 valence electrons. The molecule has 0 atom stereocenters. The molecule has 0 N–H and O–H groups in total. The quantitative estimate of drug-likeness (QED) is 0.370. The van der Waals surface area contributed by atoms with E-state index in [0.29, 0.717) is 22.4 Å². The van der Waals surface area contributed by atoms with E-state index in [2.05, 4.69) is 16.9 Å². The second kappa shape index (κ2) is 8.95. The normalized spacial score (nSPS) is 10.8. The van der Waals surface area contributed by atoms with E-state index in [1.54, 1.807) is 6.07 Å². The zero-order valence-corrected chi connectivity index (χ0v) is 16.0. The van der Waals surface area contributed by atoms with Crippen LogP contribution in [0.25, 0.3) is 0 Å². The summed E-state index contributed by atoms with van der Waals surface area (Å²) in [5, 5.41) is 0.542. The van der Waals surface area contributed by atoms with Crippen LogP contribution in [0.2, 0.25) is 0 Å². The van der Waals surface area contributed by atoms with E-state index in [4.69, 9.17) is 4.74 Å². The van der Waals surface area contributed by atoms with E-state index >= 15 is 0 Å². The van der Waals surface area contributed by atoms with Gasteiger partial charge in [-0.05, 0) is 48.2 Å². The van der Waals surface area contributed by atoms with Crippen molar-refractivity contribution in [1.82, 2.24) is 9.97 Å². The summed E-state index contributed by atoms with van der Waals surface area (Å²) in [6.45, 7) is 4.10. The molecule has 3 nitrogen and oxygen atoms in total. The Hall–Kier alpha value is -2.47. The average molecular weight is 386 g/mol. The molecule has 27 heavy (non-hydrogen) atoms. The van der Waals surface area contributed by atoms with Crippen molar-refractivity contribution in [2.45, 2.75) is 37.6 Å². The summed E-state index contributed by atoms with van der Waals surface area (Å²) in [6.07, 6.45) is 1.67. The molecule has 0 bridgehead atoms. The molecule has 0 aliphatic rings. The predicted molar refractivity (Wildman–Crippen MR) is 103 cm³/mol. The molecule has 0 amide bonds. The van der Waals surface area contributed by atoms with E-state index in [0.717, 1.165) is 30.4 Å². The van der Waals surface area contributed by atoms with Gasteiger partial charge in [0.25, 0.3) is 0 Å². The van der Waals surface area contributed by atoms with Crippen molar-refractivity contribution in [3.8, 4) is 11.6 Å². The summed E-state index contributed by atoms with van der Waals surface area (Å²) in [6, 6.07) is 13.6. The Morgan fingerprint density at radius 2 is 1.74 bits per heavy atom. The topological polar surface area (TPSA) is 35.0 Å². The summed E-state index contributed by atoms with van der Waals surface area (Å²) in [7, 11) is 0. The van der Waals surface area contributed by atoms with Crippen LogP contribution in [-0.2, 0) is 18.6 Å². The number of aromatic nitrogens is 2. The lowest BCUT2D eigenvalue weighted by Gasteiger charge is -2.09. The fourth-order valence-electron chi connectivity index (χ4n) is 2.47. The van der Waals surface area contributed by atoms with Gasteiger partial charge in [0.15, 0.2) is 16.8 Å². The number of benzene rings is 2. The highest BCUT2D eigenvalue weighted by Gasteiger charge is 2.09. The summed E-state index contributed by atoms with van der Waals surface area (Å²) < 4.78 is 32.3. The Morgan fingerprint density at radius 3 is 2.48 bits per heavy atom. The molecule has 1 aromatic heterocycles. The van der Waals surface area contributed by atoms with Crippen LogP contribution in [-0.4, -0.2) is 9.97 Å². The van der Waals surface area contributed by atoms with Crippen LogP contribution in [0.5, 0.6) is 11.6 Å². The minimum Gasteiger partial charge on any atom is -0.439 e. The third-order valence-corrected chi connectivity index (χ3v) is 4.90. The molecule has 0 aliphatic heterocycles. The van der Waals surface area contributed by atoms with Crippen molar-refractivity contribution in [3.63, 3.8) is 0 Å². The van der Waals surface area contributed by atoms with Crippen molar-refractivity contribution in [1.29, 1.82) is 0 Å². The third-order valence-electron chi connectivity index (χ3n) is 3.98. The predicted octanol–water partition coefficient (Wildman–Crippen LogP) is 5.96. The Balaban J connectivity index is 1.77. The number of aryl methyl sites for hydroxylation is 2. The van der Waals surface area contributed by atoms with Crippen molar-refractivity contribution >= 4 is 11.8 Å². The largest absolute Gasteiger partial charge is 0.439 e. The number of hydrogen-bond acceptors (Lipinski definition) is 4. The summed E-state index contributed by atoms with van der Waals surface area (Å²) in [5.41, 5.74) is 2.71. The van der Waals surface area contributed by atoms with Gasteiger partial charge in [0.05, 0.1) is 0 Å². The smallest absolute Gasteiger partial charge is 0.223 e. The average Bonchev–Trinajstić information content (AvgIpc) is 2.69. The van der Waals surface area contributed by atoms with E-state index in [1.807, 2.05) is 37.3 Å². The first kappa shape index (κ1) is 19.3. The molecular weight excluding hydrogens is 366 g/mol. The van der Waals surface area contributed by atoms with Crippen LogP contribution in [0.1, 0.15) is 30.7 Å². The van der Waals surface area contributed by atoms with Crippen LogP contribution in [0.15, 0.2) is 53.7 Å². The molecule has 0 spiro atoms. The molecule has 0 saturated heterocycles. The Morgan fingerprint density at radius 1 is 0.889 bits per heavy atom. The molecule has 3 aromatic rings. The molecule has 0 aliphatic carbocycles. The number of rotatable bonds is 7. The molecule has 0 unspecified atom stereocenters. The molecule has 0 saturated carbocycles. The molecular formula is C21H20F2N2OS. The standard InChI is InChI=1S/C21H20F2N2OS/c1-3-14-6-5-7-17(10-14)26-20-12-16(4-2)24-21(25-20)27-13-15-8-9-18(22)19(23)11-15/h5-12H,3-4,13H2,1-2H3. The highest BCUT2D eigenvalue weighted by atomic mass is 32.2. The fraction of sp³-hybridized carbons (Fsp3) is 0.238. The third kappa shape index (κ3) is 5.26. The maximum Gasteiger partial charge on any atom is 0.223 e. The van der Waals surface area contributed by atoms with Gasteiger partial charge in [-0.2, -0.15) is 4.98 Å². The Labute approximate surface area is 161 Å². The number of hydrogen-bond donors (Lipinski definition) is 0. The van der Waals surface area contributed by atoms with Gasteiger partial charge >= 0.3 is 0 Å². The van der Waals surface area contributed by atoms with Crippen molar-refractivity contribution < 1.29 is 13.5 Å². The molecule has 0 fully saturated rings. The van der Waals surface area contributed by atoms with Crippen molar-refractivity contribution in [3.05, 3.63) is 77.0 Å². The van der Waals surface area contributed by atoms with Gasteiger partial charge in [-0.1, -0.05) is 43.8 Å². The van der Waals surface area contributed by atoms with E-state index in [9.17, 15) is 8.78 Å². The number of nitrogens with zero attached hydrogens (tertiary/aromatic N) is 2. The summed E-state index contributed by atoms with van der Waals surface area (Å²) in [5.74, 6) is -0.0570.